The Kier molecular flexibility index (Phi) is 7.77. The SMILES string of the molecule is C/C=C\N(C(=O)c1cn[nH]c1O)[C@H](C)CCc1nc2c(-c3ccc(-c4ccccc4)nc3)cnn2c(N)c1S(C)(=O)=O. The van der Waals surface area contributed by atoms with Gasteiger partial charge >= 0.3 is 0 Å². The molecule has 1 amide bonds. The topological polar surface area (TPSA) is 172 Å². The molecule has 0 unspecified atom stereocenters. The van der Waals surface area contributed by atoms with E-state index in [2.05, 4.69) is 20.3 Å². The van der Waals surface area contributed by atoms with Crippen LogP contribution < -0.4 is 5.73 Å². The van der Waals surface area contributed by atoms with Crippen molar-refractivity contribution in [3.05, 3.63) is 84.6 Å². The predicted molar refractivity (Wildman–Crippen MR) is 158 cm³/mol. The van der Waals surface area contributed by atoms with E-state index in [0.717, 1.165) is 23.1 Å². The molecule has 216 valence electrons. The van der Waals surface area contributed by atoms with Crippen molar-refractivity contribution in [2.45, 2.75) is 37.6 Å². The van der Waals surface area contributed by atoms with Gasteiger partial charge in [-0.25, -0.2) is 18.5 Å². The van der Waals surface area contributed by atoms with E-state index in [1.54, 1.807) is 31.6 Å². The first-order valence-electron chi connectivity index (χ1n) is 13.2. The van der Waals surface area contributed by atoms with Crippen molar-refractivity contribution < 1.29 is 18.3 Å². The van der Waals surface area contributed by atoms with Crippen LogP contribution in [0.4, 0.5) is 5.82 Å². The highest BCUT2D eigenvalue weighted by Gasteiger charge is 2.27. The molecule has 0 fully saturated rings. The van der Waals surface area contributed by atoms with Crippen LogP contribution in [0.25, 0.3) is 28.0 Å². The second-order valence-corrected chi connectivity index (χ2v) is 11.8. The summed E-state index contributed by atoms with van der Waals surface area (Å²) < 4.78 is 27.0. The maximum absolute atomic E-state index is 13.1. The largest absolute Gasteiger partial charge is 0.493 e. The fourth-order valence-corrected chi connectivity index (χ4v) is 5.84. The summed E-state index contributed by atoms with van der Waals surface area (Å²) in [6.07, 6.45) is 9.47. The van der Waals surface area contributed by atoms with E-state index >= 15 is 0 Å². The average molecular weight is 587 g/mol. The van der Waals surface area contributed by atoms with Gasteiger partial charge in [0.2, 0.25) is 5.88 Å². The molecule has 0 aliphatic rings. The van der Waals surface area contributed by atoms with Gasteiger partial charge in [-0.1, -0.05) is 42.5 Å². The molecule has 13 heteroatoms. The second kappa shape index (κ2) is 11.4. The van der Waals surface area contributed by atoms with E-state index < -0.39 is 21.8 Å². The van der Waals surface area contributed by atoms with Crippen molar-refractivity contribution in [1.29, 1.82) is 0 Å². The lowest BCUT2D eigenvalue weighted by atomic mass is 10.1. The van der Waals surface area contributed by atoms with E-state index in [0.29, 0.717) is 17.6 Å². The number of rotatable bonds is 9. The van der Waals surface area contributed by atoms with Crippen molar-refractivity contribution >= 4 is 27.2 Å². The van der Waals surface area contributed by atoms with Crippen molar-refractivity contribution in [1.82, 2.24) is 34.7 Å². The molecule has 0 saturated heterocycles. The number of nitrogens with two attached hydrogens (primary N) is 1. The van der Waals surface area contributed by atoms with Crippen LogP contribution in [0.2, 0.25) is 0 Å². The van der Waals surface area contributed by atoms with Gasteiger partial charge < -0.3 is 15.7 Å². The molecular formula is C29H30N8O4S. The number of aromatic amines is 1. The van der Waals surface area contributed by atoms with Crippen LogP contribution in [-0.4, -0.2) is 66.4 Å². The summed E-state index contributed by atoms with van der Waals surface area (Å²) in [6.45, 7) is 3.59. The zero-order valence-electron chi connectivity index (χ0n) is 23.3. The van der Waals surface area contributed by atoms with Gasteiger partial charge in [-0.2, -0.15) is 14.7 Å². The molecule has 12 nitrogen and oxygen atoms in total. The molecule has 0 aliphatic carbocycles. The minimum Gasteiger partial charge on any atom is -0.493 e. The summed E-state index contributed by atoms with van der Waals surface area (Å²) in [6, 6.07) is 13.2. The van der Waals surface area contributed by atoms with Crippen molar-refractivity contribution in [2.75, 3.05) is 12.0 Å². The summed E-state index contributed by atoms with van der Waals surface area (Å²) in [5, 5.41) is 20.4. The van der Waals surface area contributed by atoms with Crippen LogP contribution in [0, 0.1) is 0 Å². The van der Waals surface area contributed by atoms with Gasteiger partial charge in [0.25, 0.3) is 5.91 Å². The molecule has 42 heavy (non-hydrogen) atoms. The van der Waals surface area contributed by atoms with Crippen LogP contribution in [0.3, 0.4) is 0 Å². The number of hydrogen-bond donors (Lipinski definition) is 3. The maximum atomic E-state index is 13.1. The smallest absolute Gasteiger partial charge is 0.265 e. The van der Waals surface area contributed by atoms with Crippen molar-refractivity contribution in [3.8, 4) is 28.3 Å². The van der Waals surface area contributed by atoms with E-state index in [9.17, 15) is 18.3 Å². The molecule has 0 radical (unpaired) electrons. The number of H-pyrrole nitrogens is 1. The Morgan fingerprint density at radius 3 is 2.52 bits per heavy atom. The number of allylic oxidation sites excluding steroid dienone is 1. The molecule has 0 saturated carbocycles. The van der Waals surface area contributed by atoms with Crippen LogP contribution >= 0.6 is 0 Å². The number of anilines is 1. The highest BCUT2D eigenvalue weighted by Crippen LogP contribution is 2.31. The summed E-state index contributed by atoms with van der Waals surface area (Å²) in [5.41, 5.74) is 10.2. The summed E-state index contributed by atoms with van der Waals surface area (Å²) >= 11 is 0. The summed E-state index contributed by atoms with van der Waals surface area (Å²) in [7, 11) is -3.78. The van der Waals surface area contributed by atoms with Crippen LogP contribution in [-0.2, 0) is 16.3 Å². The highest BCUT2D eigenvalue weighted by molar-refractivity contribution is 7.91. The Hall–Kier alpha value is -5.04. The minimum atomic E-state index is -3.78. The number of aromatic nitrogens is 6. The number of amides is 1. The number of nitrogens with one attached hydrogen (secondary N) is 1. The third-order valence-corrected chi connectivity index (χ3v) is 8.08. The third kappa shape index (κ3) is 5.46. The van der Waals surface area contributed by atoms with E-state index in [-0.39, 0.29) is 34.3 Å². The fourth-order valence-electron chi connectivity index (χ4n) is 4.79. The lowest BCUT2D eigenvalue weighted by Gasteiger charge is -2.26. The number of nitrogens with zero attached hydrogens (tertiary/aromatic N) is 6. The zero-order chi connectivity index (χ0) is 30.0. The molecular weight excluding hydrogens is 556 g/mol. The number of aryl methyl sites for hydroxylation is 1. The van der Waals surface area contributed by atoms with Crippen LogP contribution in [0.1, 0.15) is 36.3 Å². The van der Waals surface area contributed by atoms with Gasteiger partial charge in [0.05, 0.1) is 23.8 Å². The number of benzene rings is 1. The monoisotopic (exact) mass is 586 g/mol. The van der Waals surface area contributed by atoms with Crippen LogP contribution in [0.15, 0.2) is 78.2 Å². The molecule has 5 aromatic rings. The minimum absolute atomic E-state index is 0.0244. The van der Waals surface area contributed by atoms with Gasteiger partial charge in [0.1, 0.15) is 16.3 Å². The summed E-state index contributed by atoms with van der Waals surface area (Å²) in [5.74, 6) is -0.835. The van der Waals surface area contributed by atoms with E-state index in [1.165, 1.54) is 15.6 Å². The second-order valence-electron chi connectivity index (χ2n) is 9.85. The molecule has 1 aromatic carbocycles. The fraction of sp³-hybridized carbons (Fsp3) is 0.207. The zero-order valence-corrected chi connectivity index (χ0v) is 24.1. The molecule has 0 spiro atoms. The number of aromatic hydroxyl groups is 1. The summed E-state index contributed by atoms with van der Waals surface area (Å²) in [4.78, 5) is 23.8. The Balaban J connectivity index is 1.50. The number of hydrogen-bond acceptors (Lipinski definition) is 9. The van der Waals surface area contributed by atoms with E-state index in [4.69, 9.17) is 10.7 Å². The molecule has 0 aliphatic heterocycles. The molecule has 1 atom stereocenters. The number of pyridine rings is 1. The molecule has 0 bridgehead atoms. The third-order valence-electron chi connectivity index (χ3n) is 6.89. The number of sulfone groups is 1. The number of carbonyl (C=O) groups is 1. The first-order chi connectivity index (χ1) is 20.1. The Morgan fingerprint density at radius 2 is 1.90 bits per heavy atom. The van der Waals surface area contributed by atoms with Gasteiger partial charge in [0.15, 0.2) is 15.5 Å². The lowest BCUT2D eigenvalue weighted by Crippen LogP contribution is -2.34. The first-order valence-corrected chi connectivity index (χ1v) is 15.0. The first kappa shape index (κ1) is 28.5. The molecule has 4 aromatic heterocycles. The van der Waals surface area contributed by atoms with Gasteiger partial charge in [-0.15, -0.1) is 0 Å². The molecule has 4 N–H and O–H groups in total. The quantitative estimate of drug-likeness (QED) is 0.232. The van der Waals surface area contributed by atoms with Gasteiger partial charge in [-0.3, -0.25) is 9.78 Å². The number of nitrogen functional groups attached to an aromatic ring is 1. The van der Waals surface area contributed by atoms with Crippen LogP contribution in [0.5, 0.6) is 5.88 Å². The Bertz CT molecular complexity index is 1880. The Labute approximate surface area is 242 Å². The number of carbonyl (C=O) groups excluding carboxylic acids is 1. The van der Waals surface area contributed by atoms with Gasteiger partial charge in [-0.05, 0) is 32.8 Å². The molecule has 5 rings (SSSR count). The normalized spacial score (nSPS) is 12.6. The van der Waals surface area contributed by atoms with Crippen molar-refractivity contribution in [2.24, 2.45) is 0 Å². The van der Waals surface area contributed by atoms with Crippen molar-refractivity contribution in [3.63, 3.8) is 0 Å². The standard InChI is InChI=1S/C29H30N8O4S/c1-4-14-36(29(39)22-16-32-35-28(22)38)18(2)10-12-24-25(42(3,40)41)26(30)37-27(34-24)21(17-33-37)20-11-13-23(31-15-20)19-8-6-5-7-9-19/h4-9,11,13-18H,10,12,30H2,1-3H3,(H2,32,35,38)/b14-4-/t18-/m1/s1. The van der Waals surface area contributed by atoms with E-state index in [1.807, 2.05) is 49.4 Å². The Morgan fingerprint density at radius 1 is 1.14 bits per heavy atom. The van der Waals surface area contributed by atoms with Gasteiger partial charge in [0, 0.05) is 41.4 Å². The number of fused-ring (bicyclic) bond motifs is 1. The highest BCUT2D eigenvalue weighted by atomic mass is 32.2. The molecule has 4 heterocycles. The average Bonchev–Trinajstić information content (AvgIpc) is 3.60. The predicted octanol–water partition coefficient (Wildman–Crippen LogP) is 3.87. The lowest BCUT2D eigenvalue weighted by molar-refractivity contribution is 0.0769. The maximum Gasteiger partial charge on any atom is 0.265 e.